The Labute approximate surface area is 137 Å². The molecule has 1 aromatic carbocycles. The fraction of sp³-hybridized carbons (Fsp3) is 0.375. The highest BCUT2D eigenvalue weighted by Gasteiger charge is 2.42. The van der Waals surface area contributed by atoms with E-state index in [1.165, 1.54) is 27.9 Å². The molecule has 8 heteroatoms. The fourth-order valence-electron chi connectivity index (χ4n) is 2.77. The van der Waals surface area contributed by atoms with E-state index < -0.39 is 11.4 Å². The molecule has 3 rings (SSSR count). The lowest BCUT2D eigenvalue weighted by Crippen LogP contribution is -2.35. The van der Waals surface area contributed by atoms with Gasteiger partial charge in [-0.1, -0.05) is 17.3 Å². The minimum absolute atomic E-state index is 0.151. The van der Waals surface area contributed by atoms with Crippen molar-refractivity contribution in [2.24, 2.45) is 5.41 Å². The van der Waals surface area contributed by atoms with Gasteiger partial charge in [0.1, 0.15) is 5.82 Å². The smallest absolute Gasteiger partial charge is 0.311 e. The summed E-state index contributed by atoms with van der Waals surface area (Å²) in [5.74, 6) is -1.59. The fourth-order valence-corrected chi connectivity index (χ4v) is 2.77. The molecular weight excluding hydrogens is 315 g/mol. The second kappa shape index (κ2) is 6.03. The molecule has 0 aliphatic carbocycles. The van der Waals surface area contributed by atoms with E-state index in [1.807, 2.05) is 0 Å². The number of halogens is 1. The van der Waals surface area contributed by atoms with Gasteiger partial charge in [0.2, 0.25) is 0 Å². The van der Waals surface area contributed by atoms with E-state index in [1.54, 1.807) is 19.1 Å². The Morgan fingerprint density at radius 1 is 1.42 bits per heavy atom. The molecule has 2 heterocycles. The van der Waals surface area contributed by atoms with E-state index in [0.717, 1.165) is 0 Å². The van der Waals surface area contributed by atoms with Crippen LogP contribution in [0.5, 0.6) is 0 Å². The van der Waals surface area contributed by atoms with Crippen molar-refractivity contribution in [3.8, 4) is 0 Å². The van der Waals surface area contributed by atoms with Crippen LogP contribution in [-0.2, 0) is 11.3 Å². The summed E-state index contributed by atoms with van der Waals surface area (Å²) >= 11 is 0. The first-order chi connectivity index (χ1) is 11.4. The molecule has 126 valence electrons. The van der Waals surface area contributed by atoms with Gasteiger partial charge in [0.25, 0.3) is 5.91 Å². The monoisotopic (exact) mass is 332 g/mol. The standard InChI is InChI=1S/C16H17FN4O3/c1-16(15(23)24)5-6-20(10-16)14(22)13-9-21(19-18-13)8-11-3-2-4-12(17)7-11/h2-4,7,9H,5-6,8,10H2,1H3,(H,23,24)/t16-/m1/s1. The molecule has 1 atom stereocenters. The maximum absolute atomic E-state index is 13.2. The molecule has 0 unspecified atom stereocenters. The predicted octanol–water partition coefficient (Wildman–Crippen LogP) is 1.40. The number of carboxylic acids is 1. The molecule has 7 nitrogen and oxygen atoms in total. The summed E-state index contributed by atoms with van der Waals surface area (Å²) in [5.41, 5.74) is -0.0627. The van der Waals surface area contributed by atoms with Crippen molar-refractivity contribution in [1.82, 2.24) is 19.9 Å². The molecule has 1 saturated heterocycles. The van der Waals surface area contributed by atoms with Crippen LogP contribution in [-0.4, -0.2) is 50.0 Å². The molecule has 1 aromatic heterocycles. The third-order valence-corrected chi connectivity index (χ3v) is 4.27. The Bertz CT molecular complexity index is 791. The van der Waals surface area contributed by atoms with Gasteiger partial charge in [-0.3, -0.25) is 9.59 Å². The molecule has 1 aliphatic heterocycles. The number of carbonyl (C=O) groups excluding carboxylic acids is 1. The molecule has 0 saturated carbocycles. The van der Waals surface area contributed by atoms with E-state index >= 15 is 0 Å². The average molecular weight is 332 g/mol. The second-order valence-electron chi connectivity index (χ2n) is 6.27. The zero-order valence-corrected chi connectivity index (χ0v) is 13.1. The number of rotatable bonds is 4. The van der Waals surface area contributed by atoms with Crippen molar-refractivity contribution in [2.75, 3.05) is 13.1 Å². The molecule has 0 bridgehead atoms. The summed E-state index contributed by atoms with van der Waals surface area (Å²) < 4.78 is 14.6. The van der Waals surface area contributed by atoms with Gasteiger partial charge in [-0.05, 0) is 31.0 Å². The van der Waals surface area contributed by atoms with Gasteiger partial charge >= 0.3 is 5.97 Å². The zero-order chi connectivity index (χ0) is 17.3. The summed E-state index contributed by atoms with van der Waals surface area (Å²) in [7, 11) is 0. The van der Waals surface area contributed by atoms with Gasteiger partial charge in [0.15, 0.2) is 5.69 Å². The highest BCUT2D eigenvalue weighted by Crippen LogP contribution is 2.30. The van der Waals surface area contributed by atoms with Crippen molar-refractivity contribution in [2.45, 2.75) is 19.9 Å². The van der Waals surface area contributed by atoms with Crippen molar-refractivity contribution in [3.05, 3.63) is 47.5 Å². The third kappa shape index (κ3) is 3.12. The van der Waals surface area contributed by atoms with E-state index in [4.69, 9.17) is 0 Å². The maximum atomic E-state index is 13.2. The van der Waals surface area contributed by atoms with Crippen molar-refractivity contribution in [3.63, 3.8) is 0 Å². The minimum Gasteiger partial charge on any atom is -0.481 e. The molecule has 24 heavy (non-hydrogen) atoms. The number of aliphatic carboxylic acids is 1. The number of aromatic nitrogens is 3. The first kappa shape index (κ1) is 16.1. The van der Waals surface area contributed by atoms with Crippen LogP contribution in [0.1, 0.15) is 29.4 Å². The lowest BCUT2D eigenvalue weighted by atomic mass is 9.90. The lowest BCUT2D eigenvalue weighted by molar-refractivity contribution is -0.147. The molecule has 1 amide bonds. The molecular formula is C16H17FN4O3. The molecule has 1 N–H and O–H groups in total. The number of amides is 1. The van der Waals surface area contributed by atoms with E-state index in [9.17, 15) is 19.1 Å². The normalized spacial score (nSPS) is 20.3. The molecule has 1 fully saturated rings. The maximum Gasteiger partial charge on any atom is 0.311 e. The quantitative estimate of drug-likeness (QED) is 0.914. The molecule has 1 aliphatic rings. The van der Waals surface area contributed by atoms with E-state index in [-0.39, 0.29) is 24.0 Å². The summed E-state index contributed by atoms with van der Waals surface area (Å²) in [6.07, 6.45) is 1.90. The van der Waals surface area contributed by atoms with Crippen LogP contribution in [0.15, 0.2) is 30.5 Å². The van der Waals surface area contributed by atoms with Gasteiger partial charge in [-0.25, -0.2) is 9.07 Å². The van der Waals surface area contributed by atoms with Gasteiger partial charge in [0, 0.05) is 13.1 Å². The largest absolute Gasteiger partial charge is 0.481 e. The topological polar surface area (TPSA) is 88.3 Å². The SMILES string of the molecule is C[C@@]1(C(=O)O)CCN(C(=O)c2cn(Cc3cccc(F)c3)nn2)C1. The first-order valence-corrected chi connectivity index (χ1v) is 7.55. The third-order valence-electron chi connectivity index (χ3n) is 4.27. The number of carboxylic acid groups (broad SMARTS) is 1. The molecule has 2 aromatic rings. The Morgan fingerprint density at radius 3 is 2.88 bits per heavy atom. The Balaban J connectivity index is 1.69. The second-order valence-corrected chi connectivity index (χ2v) is 6.27. The first-order valence-electron chi connectivity index (χ1n) is 7.55. The summed E-state index contributed by atoms with van der Waals surface area (Å²) in [6, 6.07) is 6.10. The zero-order valence-electron chi connectivity index (χ0n) is 13.1. The number of likely N-dealkylation sites (tertiary alicyclic amines) is 1. The van der Waals surface area contributed by atoms with Crippen LogP contribution in [0, 0.1) is 11.2 Å². The summed E-state index contributed by atoms with van der Waals surface area (Å²) in [5, 5.41) is 17.0. The minimum atomic E-state index is -0.923. The van der Waals surface area contributed by atoms with Crippen LogP contribution in [0.25, 0.3) is 0 Å². The van der Waals surface area contributed by atoms with Gasteiger partial charge < -0.3 is 10.0 Å². The van der Waals surface area contributed by atoms with E-state index in [0.29, 0.717) is 25.1 Å². The highest BCUT2D eigenvalue weighted by molar-refractivity contribution is 5.92. The number of benzene rings is 1. The predicted molar refractivity (Wildman–Crippen MR) is 81.8 cm³/mol. The number of nitrogens with zero attached hydrogens (tertiary/aromatic N) is 4. The van der Waals surface area contributed by atoms with Crippen LogP contribution in [0.4, 0.5) is 4.39 Å². The van der Waals surface area contributed by atoms with Crippen molar-refractivity contribution < 1.29 is 19.1 Å². The van der Waals surface area contributed by atoms with Crippen LogP contribution >= 0.6 is 0 Å². The Hall–Kier alpha value is -2.77. The van der Waals surface area contributed by atoms with Crippen LogP contribution in [0.3, 0.4) is 0 Å². The average Bonchev–Trinajstić information content (AvgIpc) is 3.14. The summed E-state index contributed by atoms with van der Waals surface area (Å²) in [6.45, 7) is 2.45. The van der Waals surface area contributed by atoms with E-state index in [2.05, 4.69) is 10.3 Å². The van der Waals surface area contributed by atoms with Gasteiger partial charge in [-0.15, -0.1) is 5.10 Å². The van der Waals surface area contributed by atoms with Crippen molar-refractivity contribution >= 4 is 11.9 Å². The van der Waals surface area contributed by atoms with Crippen LogP contribution in [0.2, 0.25) is 0 Å². The van der Waals surface area contributed by atoms with Gasteiger partial charge in [0.05, 0.1) is 18.2 Å². The number of hydrogen-bond acceptors (Lipinski definition) is 4. The van der Waals surface area contributed by atoms with Crippen LogP contribution < -0.4 is 0 Å². The number of hydrogen-bond donors (Lipinski definition) is 1. The lowest BCUT2D eigenvalue weighted by Gasteiger charge is -2.19. The van der Waals surface area contributed by atoms with Crippen molar-refractivity contribution in [1.29, 1.82) is 0 Å². The highest BCUT2D eigenvalue weighted by atomic mass is 19.1. The summed E-state index contributed by atoms with van der Waals surface area (Å²) in [4.78, 5) is 25.2. The Kier molecular flexibility index (Phi) is 4.04. The van der Waals surface area contributed by atoms with Gasteiger partial charge in [-0.2, -0.15) is 0 Å². The number of carbonyl (C=O) groups is 2. The Morgan fingerprint density at radius 2 is 2.21 bits per heavy atom. The molecule has 0 spiro atoms. The molecule has 0 radical (unpaired) electrons.